The molecule has 0 saturated heterocycles. The van der Waals surface area contributed by atoms with Crippen LogP contribution in [-0.4, -0.2) is 35.6 Å². The number of aliphatic hydroxyl groups is 2. The van der Waals surface area contributed by atoms with E-state index in [-0.39, 0.29) is 36.7 Å². The predicted octanol–water partition coefficient (Wildman–Crippen LogP) is 3.73. The van der Waals surface area contributed by atoms with Crippen LogP contribution in [0.5, 0.6) is 0 Å². The van der Waals surface area contributed by atoms with Crippen LogP contribution in [0.2, 0.25) is 0 Å². The van der Waals surface area contributed by atoms with E-state index < -0.39 is 24.1 Å². The molecule has 0 spiro atoms. The van der Waals surface area contributed by atoms with Crippen molar-refractivity contribution < 1.29 is 24.1 Å². The summed E-state index contributed by atoms with van der Waals surface area (Å²) in [6.07, 6.45) is -3.16. The zero-order valence-electron chi connectivity index (χ0n) is 17.4. The number of carbonyl (C=O) groups excluding carboxylic acids is 1. The van der Waals surface area contributed by atoms with Crippen molar-refractivity contribution in [1.29, 1.82) is 0 Å². The van der Waals surface area contributed by atoms with Crippen LogP contribution in [0.25, 0.3) is 11.1 Å². The number of anilines is 1. The second kappa shape index (κ2) is 9.38. The number of ether oxygens (including phenoxy) is 1. The first kappa shape index (κ1) is 21.8. The molecule has 0 fully saturated rings. The molecule has 7 heteroatoms. The predicted molar refractivity (Wildman–Crippen MR) is 119 cm³/mol. The summed E-state index contributed by atoms with van der Waals surface area (Å²) in [5.41, 5.74) is 10.6. The second-order valence-corrected chi connectivity index (χ2v) is 7.83. The Morgan fingerprint density at radius 3 is 2.31 bits per heavy atom. The van der Waals surface area contributed by atoms with Gasteiger partial charge >= 0.3 is 6.09 Å². The van der Waals surface area contributed by atoms with Crippen LogP contribution < -0.4 is 11.1 Å². The van der Waals surface area contributed by atoms with Crippen molar-refractivity contribution >= 4 is 11.8 Å². The normalized spacial score (nSPS) is 14.3. The minimum Gasteiger partial charge on any atom is -0.449 e. The molecule has 5 N–H and O–H groups in total. The average Bonchev–Trinajstić information content (AvgIpc) is 3.12. The zero-order valence-corrected chi connectivity index (χ0v) is 17.4. The first-order valence-electron chi connectivity index (χ1n) is 10.5. The Hall–Kier alpha value is -3.42. The van der Waals surface area contributed by atoms with Crippen LogP contribution in [0.4, 0.5) is 14.9 Å². The third kappa shape index (κ3) is 4.44. The molecular weight excluding hydrogens is 411 g/mol. The van der Waals surface area contributed by atoms with Crippen molar-refractivity contribution in [3.05, 3.63) is 89.2 Å². The van der Waals surface area contributed by atoms with Crippen molar-refractivity contribution in [2.24, 2.45) is 0 Å². The van der Waals surface area contributed by atoms with Crippen molar-refractivity contribution in [3.63, 3.8) is 0 Å². The van der Waals surface area contributed by atoms with Gasteiger partial charge in [0.15, 0.2) is 0 Å². The van der Waals surface area contributed by atoms with Crippen LogP contribution in [0.1, 0.15) is 35.1 Å². The van der Waals surface area contributed by atoms with Crippen molar-refractivity contribution in [2.45, 2.75) is 24.5 Å². The lowest BCUT2D eigenvalue weighted by Crippen LogP contribution is -2.30. The van der Waals surface area contributed by atoms with E-state index in [1.165, 1.54) is 12.1 Å². The topological polar surface area (TPSA) is 105 Å². The molecule has 0 aromatic heterocycles. The molecule has 2 atom stereocenters. The molecular formula is C25H25FN2O4. The minimum atomic E-state index is -1.37. The number of benzene rings is 3. The monoisotopic (exact) mass is 436 g/mol. The lowest BCUT2D eigenvalue weighted by molar-refractivity contribution is 0.0139. The number of aliphatic hydroxyl groups excluding tert-OH is 2. The van der Waals surface area contributed by atoms with E-state index in [1.807, 2.05) is 36.4 Å². The Balaban J connectivity index is 1.29. The number of halogens is 1. The second-order valence-electron chi connectivity index (χ2n) is 7.83. The fourth-order valence-corrected chi connectivity index (χ4v) is 4.14. The van der Waals surface area contributed by atoms with E-state index in [0.717, 1.165) is 28.3 Å². The largest absolute Gasteiger partial charge is 0.449 e. The summed E-state index contributed by atoms with van der Waals surface area (Å²) in [6, 6.07) is 19.7. The van der Waals surface area contributed by atoms with Gasteiger partial charge in [0, 0.05) is 23.7 Å². The molecule has 32 heavy (non-hydrogen) atoms. The SMILES string of the molecule is Nc1ccc(F)cc1C(O)C(O)CCNC(=O)OCC1c2ccccc2-c2ccccc21. The number of alkyl carbamates (subject to hydrolysis) is 1. The van der Waals surface area contributed by atoms with Crippen LogP contribution in [0, 0.1) is 5.82 Å². The summed E-state index contributed by atoms with van der Waals surface area (Å²) in [4.78, 5) is 12.2. The molecule has 3 aromatic carbocycles. The van der Waals surface area contributed by atoms with Gasteiger partial charge in [-0.1, -0.05) is 48.5 Å². The molecule has 0 heterocycles. The number of carbonyl (C=O) groups is 1. The summed E-state index contributed by atoms with van der Waals surface area (Å²) in [7, 11) is 0. The van der Waals surface area contributed by atoms with Gasteiger partial charge in [0.05, 0.1) is 6.10 Å². The van der Waals surface area contributed by atoms with Crippen molar-refractivity contribution in [2.75, 3.05) is 18.9 Å². The number of fused-ring (bicyclic) bond motifs is 3. The lowest BCUT2D eigenvalue weighted by atomic mass is 9.98. The fourth-order valence-electron chi connectivity index (χ4n) is 4.14. The molecule has 1 aliphatic rings. The smallest absolute Gasteiger partial charge is 0.407 e. The lowest BCUT2D eigenvalue weighted by Gasteiger charge is -2.20. The molecule has 0 bridgehead atoms. The molecule has 4 rings (SSSR count). The Morgan fingerprint density at radius 1 is 1.03 bits per heavy atom. The van der Waals surface area contributed by atoms with E-state index in [9.17, 15) is 19.4 Å². The number of nitrogen functional groups attached to an aromatic ring is 1. The van der Waals surface area contributed by atoms with Gasteiger partial charge in [0.25, 0.3) is 0 Å². The van der Waals surface area contributed by atoms with Crippen LogP contribution in [0.3, 0.4) is 0 Å². The standard InChI is InChI=1S/C25H25FN2O4/c26-15-9-10-22(27)20(13-15)24(30)23(29)11-12-28-25(31)32-14-21-18-7-3-1-5-16(18)17-6-2-4-8-19(17)21/h1-10,13,21,23-24,29-30H,11-12,14,27H2,(H,28,31). The highest BCUT2D eigenvalue weighted by Crippen LogP contribution is 2.44. The van der Waals surface area contributed by atoms with Crippen LogP contribution in [0.15, 0.2) is 66.7 Å². The molecule has 1 amide bonds. The fraction of sp³-hybridized carbons (Fsp3) is 0.240. The molecule has 3 aromatic rings. The van der Waals surface area contributed by atoms with Gasteiger partial charge in [-0.15, -0.1) is 0 Å². The van der Waals surface area contributed by atoms with Gasteiger partial charge in [-0.25, -0.2) is 9.18 Å². The third-order valence-electron chi connectivity index (χ3n) is 5.79. The molecule has 1 aliphatic carbocycles. The molecule has 0 aliphatic heterocycles. The van der Waals surface area contributed by atoms with E-state index in [1.54, 1.807) is 0 Å². The summed E-state index contributed by atoms with van der Waals surface area (Å²) < 4.78 is 18.8. The maximum Gasteiger partial charge on any atom is 0.407 e. The van der Waals surface area contributed by atoms with Gasteiger partial charge < -0.3 is 26.0 Å². The highest BCUT2D eigenvalue weighted by atomic mass is 19.1. The van der Waals surface area contributed by atoms with E-state index in [4.69, 9.17) is 10.5 Å². The first-order chi connectivity index (χ1) is 15.5. The summed E-state index contributed by atoms with van der Waals surface area (Å²) >= 11 is 0. The minimum absolute atomic E-state index is 0.0430. The van der Waals surface area contributed by atoms with Gasteiger partial charge in [-0.3, -0.25) is 0 Å². The Kier molecular flexibility index (Phi) is 6.39. The quantitative estimate of drug-likeness (QED) is 0.423. The molecule has 2 unspecified atom stereocenters. The van der Waals surface area contributed by atoms with E-state index in [2.05, 4.69) is 17.4 Å². The van der Waals surface area contributed by atoms with Gasteiger partial charge in [0.1, 0.15) is 18.5 Å². The molecule has 6 nitrogen and oxygen atoms in total. The van der Waals surface area contributed by atoms with Crippen molar-refractivity contribution in [3.8, 4) is 11.1 Å². The number of nitrogens with one attached hydrogen (secondary N) is 1. The van der Waals surface area contributed by atoms with E-state index >= 15 is 0 Å². The summed E-state index contributed by atoms with van der Waals surface area (Å²) in [5.74, 6) is -0.603. The van der Waals surface area contributed by atoms with Crippen molar-refractivity contribution in [1.82, 2.24) is 5.32 Å². The third-order valence-corrected chi connectivity index (χ3v) is 5.79. The first-order valence-corrected chi connectivity index (χ1v) is 10.5. The maximum atomic E-state index is 13.4. The summed E-state index contributed by atoms with van der Waals surface area (Å²) in [5, 5.41) is 23.0. The Bertz CT molecular complexity index is 1080. The number of rotatable bonds is 7. The number of amides is 1. The Morgan fingerprint density at radius 2 is 1.66 bits per heavy atom. The average molecular weight is 436 g/mol. The van der Waals surface area contributed by atoms with Gasteiger partial charge in [-0.05, 0) is 46.9 Å². The van der Waals surface area contributed by atoms with Gasteiger partial charge in [0.2, 0.25) is 0 Å². The Labute approximate surface area is 185 Å². The molecule has 166 valence electrons. The van der Waals surface area contributed by atoms with Crippen LogP contribution in [-0.2, 0) is 4.74 Å². The maximum absolute atomic E-state index is 13.4. The zero-order chi connectivity index (χ0) is 22.7. The highest BCUT2D eigenvalue weighted by Gasteiger charge is 2.29. The van der Waals surface area contributed by atoms with E-state index in [0.29, 0.717) is 0 Å². The molecule has 0 radical (unpaired) electrons. The number of hydrogen-bond donors (Lipinski definition) is 4. The molecule has 0 saturated carbocycles. The number of nitrogens with two attached hydrogens (primary N) is 1. The summed E-state index contributed by atoms with van der Waals surface area (Å²) in [6.45, 7) is 0.259. The number of hydrogen-bond acceptors (Lipinski definition) is 5. The van der Waals surface area contributed by atoms with Crippen LogP contribution >= 0.6 is 0 Å². The van der Waals surface area contributed by atoms with Gasteiger partial charge in [-0.2, -0.15) is 0 Å². The highest BCUT2D eigenvalue weighted by molar-refractivity contribution is 5.79.